The molecule has 1 saturated heterocycles. The summed E-state index contributed by atoms with van der Waals surface area (Å²) in [5, 5.41) is 4.30. The van der Waals surface area contributed by atoms with Crippen molar-refractivity contribution in [2.24, 2.45) is 0 Å². The van der Waals surface area contributed by atoms with Crippen molar-refractivity contribution in [3.8, 4) is 0 Å². The van der Waals surface area contributed by atoms with Crippen molar-refractivity contribution in [3.63, 3.8) is 0 Å². The number of piperidine rings is 1. The van der Waals surface area contributed by atoms with Crippen molar-refractivity contribution in [2.45, 2.75) is 50.6 Å². The maximum Gasteiger partial charge on any atom is 0.247 e. The maximum atomic E-state index is 13.2. The third-order valence-corrected chi connectivity index (χ3v) is 6.46. The third kappa shape index (κ3) is 3.05. The molecule has 0 bridgehead atoms. The van der Waals surface area contributed by atoms with Crippen LogP contribution in [0.5, 0.6) is 0 Å². The van der Waals surface area contributed by atoms with Crippen LogP contribution in [0, 0.1) is 6.92 Å². The van der Waals surface area contributed by atoms with Gasteiger partial charge in [-0.15, -0.1) is 0 Å². The van der Waals surface area contributed by atoms with Crippen LogP contribution in [-0.4, -0.2) is 29.0 Å². The van der Waals surface area contributed by atoms with Crippen molar-refractivity contribution in [2.75, 3.05) is 6.54 Å². The van der Waals surface area contributed by atoms with E-state index in [9.17, 15) is 8.42 Å². The van der Waals surface area contributed by atoms with E-state index in [2.05, 4.69) is 5.10 Å². The molecule has 1 fully saturated rings. The van der Waals surface area contributed by atoms with E-state index in [0.29, 0.717) is 23.7 Å². The second kappa shape index (κ2) is 6.45. The molecule has 1 atom stereocenters. The van der Waals surface area contributed by atoms with Gasteiger partial charge in [-0.3, -0.25) is 4.68 Å². The van der Waals surface area contributed by atoms with Gasteiger partial charge in [0.05, 0.1) is 11.7 Å². The summed E-state index contributed by atoms with van der Waals surface area (Å²) >= 11 is 0. The van der Waals surface area contributed by atoms with E-state index < -0.39 is 10.0 Å². The Morgan fingerprint density at radius 3 is 2.61 bits per heavy atom. The molecule has 0 spiro atoms. The fourth-order valence-corrected chi connectivity index (χ4v) is 5.10. The molecule has 6 heteroatoms. The van der Waals surface area contributed by atoms with Crippen LogP contribution < -0.4 is 0 Å². The van der Waals surface area contributed by atoms with Gasteiger partial charge >= 0.3 is 0 Å². The van der Waals surface area contributed by atoms with Gasteiger partial charge in [-0.1, -0.05) is 36.8 Å². The van der Waals surface area contributed by atoms with E-state index in [4.69, 9.17) is 0 Å². The quantitative estimate of drug-likeness (QED) is 0.864. The highest BCUT2D eigenvalue weighted by molar-refractivity contribution is 7.89. The average Bonchev–Trinajstić information content (AvgIpc) is 2.97. The first kappa shape index (κ1) is 16.2. The minimum absolute atomic E-state index is 0.0840. The summed E-state index contributed by atoms with van der Waals surface area (Å²) in [6.45, 7) is 4.95. The summed E-state index contributed by atoms with van der Waals surface area (Å²) < 4.78 is 29.7. The summed E-state index contributed by atoms with van der Waals surface area (Å²) in [5.74, 6) is 0. The lowest BCUT2D eigenvalue weighted by Gasteiger charge is -2.34. The van der Waals surface area contributed by atoms with Crippen LogP contribution in [0.1, 0.15) is 43.5 Å². The van der Waals surface area contributed by atoms with E-state index in [1.807, 2.05) is 37.3 Å². The second-order valence-electron chi connectivity index (χ2n) is 5.97. The zero-order valence-corrected chi connectivity index (χ0v) is 14.5. The van der Waals surface area contributed by atoms with Crippen LogP contribution in [0.3, 0.4) is 0 Å². The fourth-order valence-electron chi connectivity index (χ4n) is 3.24. The van der Waals surface area contributed by atoms with Crippen LogP contribution in [0.15, 0.2) is 41.4 Å². The number of hydrogen-bond donors (Lipinski definition) is 0. The first-order chi connectivity index (χ1) is 11.0. The van der Waals surface area contributed by atoms with E-state index in [-0.39, 0.29) is 6.04 Å². The normalized spacial score (nSPS) is 19.8. The molecule has 1 aliphatic heterocycles. The SMILES string of the molecule is CCn1cc(S(=O)(=O)N2CCCCC2c2ccccc2)c(C)n1. The Labute approximate surface area is 138 Å². The summed E-state index contributed by atoms with van der Waals surface area (Å²) in [7, 11) is -3.53. The van der Waals surface area contributed by atoms with Crippen LogP contribution in [-0.2, 0) is 16.6 Å². The molecule has 1 aromatic carbocycles. The summed E-state index contributed by atoms with van der Waals surface area (Å²) in [5.41, 5.74) is 1.64. The Morgan fingerprint density at radius 2 is 1.96 bits per heavy atom. The predicted molar refractivity (Wildman–Crippen MR) is 89.6 cm³/mol. The Balaban J connectivity index is 2.00. The zero-order chi connectivity index (χ0) is 16.4. The van der Waals surface area contributed by atoms with Crippen LogP contribution in [0.2, 0.25) is 0 Å². The zero-order valence-electron chi connectivity index (χ0n) is 13.6. The molecule has 0 N–H and O–H groups in total. The average molecular weight is 333 g/mol. The molecule has 5 nitrogen and oxygen atoms in total. The van der Waals surface area contributed by atoms with Crippen molar-refractivity contribution >= 4 is 10.0 Å². The van der Waals surface area contributed by atoms with Crippen molar-refractivity contribution in [1.29, 1.82) is 0 Å². The number of sulfonamides is 1. The monoisotopic (exact) mass is 333 g/mol. The molecule has 2 aromatic rings. The third-order valence-electron chi connectivity index (χ3n) is 4.45. The Bertz CT molecular complexity index is 768. The summed E-state index contributed by atoms with van der Waals surface area (Å²) in [4.78, 5) is 0.335. The number of nitrogens with zero attached hydrogens (tertiary/aromatic N) is 3. The minimum atomic E-state index is -3.53. The van der Waals surface area contributed by atoms with Gasteiger partial charge in [-0.25, -0.2) is 8.42 Å². The number of rotatable bonds is 4. The highest BCUT2D eigenvalue weighted by Crippen LogP contribution is 2.35. The lowest BCUT2D eigenvalue weighted by Crippen LogP contribution is -2.38. The van der Waals surface area contributed by atoms with Crippen molar-refractivity contribution in [1.82, 2.24) is 14.1 Å². The van der Waals surface area contributed by atoms with Crippen LogP contribution in [0.4, 0.5) is 0 Å². The maximum absolute atomic E-state index is 13.2. The molecule has 1 unspecified atom stereocenters. The van der Waals surface area contributed by atoms with Gasteiger partial charge in [-0.05, 0) is 32.3 Å². The Kier molecular flexibility index (Phi) is 4.55. The van der Waals surface area contributed by atoms with Crippen LogP contribution >= 0.6 is 0 Å². The van der Waals surface area contributed by atoms with E-state index in [0.717, 1.165) is 24.8 Å². The highest BCUT2D eigenvalue weighted by atomic mass is 32.2. The molecule has 0 aliphatic carbocycles. The second-order valence-corrected chi connectivity index (χ2v) is 7.83. The van der Waals surface area contributed by atoms with Gasteiger partial charge in [0.1, 0.15) is 4.90 Å². The summed E-state index contributed by atoms with van der Waals surface area (Å²) in [6.07, 6.45) is 4.48. The Morgan fingerprint density at radius 1 is 1.22 bits per heavy atom. The van der Waals surface area contributed by atoms with Gasteiger partial charge in [0.2, 0.25) is 10.0 Å². The lowest BCUT2D eigenvalue weighted by molar-refractivity contribution is 0.256. The molecule has 2 heterocycles. The highest BCUT2D eigenvalue weighted by Gasteiger charge is 2.36. The van der Waals surface area contributed by atoms with Gasteiger partial charge in [0.15, 0.2) is 0 Å². The fraction of sp³-hybridized carbons (Fsp3) is 0.471. The Hall–Kier alpha value is -1.66. The van der Waals surface area contributed by atoms with Gasteiger partial charge in [-0.2, -0.15) is 9.40 Å². The first-order valence-corrected chi connectivity index (χ1v) is 9.59. The molecular formula is C17H23N3O2S. The van der Waals surface area contributed by atoms with E-state index in [1.165, 1.54) is 0 Å². The topological polar surface area (TPSA) is 55.2 Å². The van der Waals surface area contributed by atoms with Gasteiger partial charge < -0.3 is 0 Å². The molecule has 1 aromatic heterocycles. The predicted octanol–water partition coefficient (Wildman–Crippen LogP) is 3.13. The number of hydrogen-bond acceptors (Lipinski definition) is 3. The number of benzene rings is 1. The number of aromatic nitrogens is 2. The van der Waals surface area contributed by atoms with E-state index in [1.54, 1.807) is 22.1 Å². The minimum Gasteiger partial charge on any atom is -0.271 e. The molecule has 0 saturated carbocycles. The van der Waals surface area contributed by atoms with Crippen molar-refractivity contribution < 1.29 is 8.42 Å². The van der Waals surface area contributed by atoms with Gasteiger partial charge in [0.25, 0.3) is 0 Å². The standard InChI is InChI=1S/C17H23N3O2S/c1-3-19-13-17(14(2)18-19)23(21,22)20-12-8-7-11-16(20)15-9-5-4-6-10-15/h4-6,9-10,13,16H,3,7-8,11-12H2,1-2H3. The molecule has 0 amide bonds. The molecular weight excluding hydrogens is 310 g/mol. The molecule has 124 valence electrons. The molecule has 3 rings (SSSR count). The van der Waals surface area contributed by atoms with Gasteiger partial charge in [0, 0.05) is 19.3 Å². The smallest absolute Gasteiger partial charge is 0.247 e. The molecule has 23 heavy (non-hydrogen) atoms. The number of aryl methyl sites for hydroxylation is 2. The lowest BCUT2D eigenvalue weighted by atomic mass is 9.98. The first-order valence-electron chi connectivity index (χ1n) is 8.15. The van der Waals surface area contributed by atoms with E-state index >= 15 is 0 Å². The summed E-state index contributed by atoms with van der Waals surface area (Å²) in [6, 6.07) is 9.84. The largest absolute Gasteiger partial charge is 0.271 e. The van der Waals surface area contributed by atoms with Crippen molar-refractivity contribution in [3.05, 3.63) is 47.8 Å². The molecule has 0 radical (unpaired) electrons. The molecule has 1 aliphatic rings. The van der Waals surface area contributed by atoms with Crippen LogP contribution in [0.25, 0.3) is 0 Å².